The average Bonchev–Trinajstić information content (AvgIpc) is 1.48. The van der Waals surface area contributed by atoms with Gasteiger partial charge in [-0.15, -0.1) is 102 Å². The van der Waals surface area contributed by atoms with E-state index in [0.29, 0.717) is 0 Å². The molecule has 4 aromatic carbocycles. The van der Waals surface area contributed by atoms with Gasteiger partial charge in [0.05, 0.1) is 14.6 Å². The van der Waals surface area contributed by atoms with E-state index in [-0.39, 0.29) is 16.2 Å². The zero-order valence-corrected chi connectivity index (χ0v) is 81.0. The number of fused-ring (bicyclic) bond motifs is 12. The van der Waals surface area contributed by atoms with Crippen LogP contribution in [-0.4, -0.2) is 18.9 Å². The Labute approximate surface area is 780 Å². The Morgan fingerprint density at radius 1 is 0.208 bits per heavy atom. The van der Waals surface area contributed by atoms with Crippen LogP contribution in [0, 0.1) is 0 Å². The Bertz CT molecular complexity index is 5990. The molecule has 0 spiro atoms. The lowest BCUT2D eigenvalue weighted by molar-refractivity contribution is 0.111. The Morgan fingerprint density at radius 2 is 0.392 bits per heavy atom. The molecule has 3 aliphatic carbocycles. The van der Waals surface area contributed by atoms with Crippen molar-refractivity contribution < 1.29 is 14.4 Å². The van der Waals surface area contributed by atoms with E-state index in [1.165, 1.54) is 274 Å². The molecule has 12 heteroatoms. The van der Waals surface area contributed by atoms with E-state index in [1.54, 1.807) is 84.1 Å². The number of carbonyl (C=O) groups excluding carboxylic acids is 3. The van der Waals surface area contributed by atoms with Gasteiger partial charge in [-0.05, 0) is 322 Å². The number of rotatable bonds is 47. The van der Waals surface area contributed by atoms with E-state index in [0.717, 1.165) is 86.6 Å². The molecule has 1 unspecified atom stereocenters. The third-order valence-electron chi connectivity index (χ3n) is 26.3. The van der Waals surface area contributed by atoms with Gasteiger partial charge in [0.2, 0.25) is 0 Å². The van der Waals surface area contributed by atoms with Gasteiger partial charge in [0.1, 0.15) is 0 Å². The van der Waals surface area contributed by atoms with Crippen LogP contribution in [0.3, 0.4) is 0 Å². The van der Waals surface area contributed by atoms with Crippen LogP contribution in [0.1, 0.15) is 349 Å². The van der Waals surface area contributed by atoms with Crippen molar-refractivity contribution in [2.75, 3.05) is 0 Å². The third kappa shape index (κ3) is 20.1. The number of aldehydes is 3. The van der Waals surface area contributed by atoms with Crippen LogP contribution in [0.5, 0.6) is 0 Å². The minimum atomic E-state index is -0.255. The summed E-state index contributed by atoms with van der Waals surface area (Å²) in [5, 5.41) is 0. The second-order valence-corrected chi connectivity index (χ2v) is 44.9. The maximum Gasteiger partial charge on any atom is 0.160 e. The fraction of sp³-hybridized carbons (Fsp3) is 0.336. The molecule has 0 bridgehead atoms. The molecule has 0 saturated heterocycles. The van der Waals surface area contributed by atoms with Gasteiger partial charge in [-0.2, -0.15) is 0 Å². The van der Waals surface area contributed by atoms with Crippen molar-refractivity contribution in [3.63, 3.8) is 0 Å². The summed E-state index contributed by atoms with van der Waals surface area (Å²) in [6.07, 6.45) is 64.3. The highest BCUT2D eigenvalue weighted by molar-refractivity contribution is 7.18. The first kappa shape index (κ1) is 90.0. The van der Waals surface area contributed by atoms with Crippen LogP contribution >= 0.6 is 102 Å². The quantitative estimate of drug-likeness (QED) is 0.0282. The van der Waals surface area contributed by atoms with Gasteiger partial charge in [0.25, 0.3) is 0 Å². The maximum absolute atomic E-state index is 11.5. The molecule has 642 valence electrons. The van der Waals surface area contributed by atoms with Crippen molar-refractivity contribution in [2.45, 2.75) is 244 Å². The molecule has 0 N–H and O–H groups in total. The molecule has 0 saturated carbocycles. The predicted octanol–water partition coefficient (Wildman–Crippen LogP) is 37.9. The summed E-state index contributed by atoms with van der Waals surface area (Å²) in [6.45, 7) is 14.5. The number of hydrogen-bond donors (Lipinski definition) is 0. The van der Waals surface area contributed by atoms with E-state index in [9.17, 15) is 14.4 Å². The highest BCUT2D eigenvalue weighted by atomic mass is 32.1. The summed E-state index contributed by atoms with van der Waals surface area (Å²) in [6, 6.07) is 63.6. The average molecular weight is 1810 g/mol. The van der Waals surface area contributed by atoms with Crippen LogP contribution in [0.2, 0.25) is 0 Å². The summed E-state index contributed by atoms with van der Waals surface area (Å²) in [4.78, 5) is 55.0. The Balaban J connectivity index is 0.899. The summed E-state index contributed by atoms with van der Waals surface area (Å²) >= 11 is 15.8. The molecule has 1 atom stereocenters. The second-order valence-electron chi connectivity index (χ2n) is 34.7. The Hall–Kier alpha value is -8.37. The smallest absolute Gasteiger partial charge is 0.160 e. The van der Waals surface area contributed by atoms with E-state index in [4.69, 9.17) is 0 Å². The van der Waals surface area contributed by atoms with E-state index in [2.05, 4.69) is 242 Å². The molecule has 125 heavy (non-hydrogen) atoms. The summed E-state index contributed by atoms with van der Waals surface area (Å²) in [5.41, 5.74) is 22.6. The van der Waals surface area contributed by atoms with Gasteiger partial charge < -0.3 is 0 Å². The highest BCUT2D eigenvalue weighted by Gasteiger charge is 2.58. The first-order valence-corrected chi connectivity index (χ1v) is 53.8. The first-order valence-electron chi connectivity index (χ1n) is 46.5. The van der Waals surface area contributed by atoms with Gasteiger partial charge in [0.15, 0.2) is 18.9 Å². The minimum Gasteiger partial charge on any atom is -0.297 e. The SMILES string of the molecule is CCCCCCC1(CCCCC)c2cc(-c3ccc(/C=C/c4ccc(/C=C/c5ccc(C=O)s5)s4)s3)ccc2-c2c1c1c(c3c2C(CCCCCC)(CCCCCC)c2cc(-c4ccc(/C=C/c5ccc(/C=C/c6ccc(C=O)s6)s5)s4)ccc2-3)C(CCCCCC)(CCCCCC)c2cc(-c3ccc(/C=C/c4ccc(/C=C/c5ccc(C=O)s5)s4)s3)ccc2-1. The van der Waals surface area contributed by atoms with Crippen molar-refractivity contribution in [3.05, 3.63) is 270 Å². The number of benzene rings is 4. The lowest BCUT2D eigenvalue weighted by atomic mass is 9.63. The fourth-order valence-corrected chi connectivity index (χ4v) is 27.6. The van der Waals surface area contributed by atoms with Crippen molar-refractivity contribution in [2.24, 2.45) is 0 Å². The molecule has 0 fully saturated rings. The topological polar surface area (TPSA) is 51.2 Å². The van der Waals surface area contributed by atoms with Crippen LogP contribution in [0.25, 0.3) is 138 Å². The number of unbranched alkanes of at least 4 members (excludes halogenated alkanes) is 17. The van der Waals surface area contributed by atoms with Gasteiger partial charge in [-0.3, -0.25) is 14.4 Å². The van der Waals surface area contributed by atoms with E-state index in [1.807, 2.05) is 70.4 Å². The van der Waals surface area contributed by atoms with Crippen molar-refractivity contribution in [3.8, 4) is 64.7 Å². The molecule has 0 radical (unpaired) electrons. The molecule has 3 nitrogen and oxygen atoms in total. The van der Waals surface area contributed by atoms with Crippen molar-refractivity contribution in [1.29, 1.82) is 0 Å². The first-order chi connectivity index (χ1) is 61.4. The second kappa shape index (κ2) is 42.7. The number of carbonyl (C=O) groups is 3. The van der Waals surface area contributed by atoms with Crippen molar-refractivity contribution >= 4 is 194 Å². The zero-order chi connectivity index (χ0) is 86.1. The normalized spacial score (nSPS) is 14.8. The summed E-state index contributed by atoms with van der Waals surface area (Å²) < 4.78 is 0. The molecule has 3 aliphatic rings. The van der Waals surface area contributed by atoms with E-state index >= 15 is 0 Å². The molecule has 9 heterocycles. The molecular weight excluding hydrogens is 1690 g/mol. The maximum atomic E-state index is 11.5. The number of thiophene rings is 9. The van der Waals surface area contributed by atoms with Gasteiger partial charge in [-0.1, -0.05) is 226 Å². The minimum absolute atomic E-state index is 0.255. The largest absolute Gasteiger partial charge is 0.297 e. The highest BCUT2D eigenvalue weighted by Crippen LogP contribution is 2.72. The fourth-order valence-electron chi connectivity index (χ4n) is 20.2. The van der Waals surface area contributed by atoms with Gasteiger partial charge in [-0.25, -0.2) is 0 Å². The van der Waals surface area contributed by atoms with Crippen LogP contribution in [0.4, 0.5) is 0 Å². The molecule has 9 aromatic heterocycles. The van der Waals surface area contributed by atoms with Crippen molar-refractivity contribution in [1.82, 2.24) is 0 Å². The molecule has 0 aliphatic heterocycles. The van der Waals surface area contributed by atoms with Crippen LogP contribution in [-0.2, 0) is 16.2 Å². The Morgan fingerprint density at radius 3 is 0.600 bits per heavy atom. The molecule has 16 rings (SSSR count). The Kier molecular flexibility index (Phi) is 30.7. The summed E-state index contributed by atoms with van der Waals surface area (Å²) in [5.74, 6) is 0. The van der Waals surface area contributed by atoms with E-state index < -0.39 is 0 Å². The number of hydrogen-bond acceptors (Lipinski definition) is 12. The standard InChI is InChI=1S/C113H118O3S9/c1-7-13-19-25-67-111(66-24-18-12-6)99-72-78(102-63-57-90(123-102)48-45-84-36-33-81(117-84)39-42-87-51-54-93(75-114)120-87)30-60-96(99)105-108(111)106-97-61-31-79(103-64-58-91(124-103)49-46-85-37-34-82(118-85)40-43-88-52-55-94(76-115)121-88)73-100(97)112(68-26-20-14-8-2,69-27-21-15-9-3)110(106)107-98-62-32-80(74-101(98)113(109(105)107,70-28-22-16-10-4)71-29-23-17-11-5)104-65-59-92(125-104)50-47-86-38-35-83(119-86)41-44-89-53-56-95(77-116)122-89/h30-65,72-77H,7-29,66-71H2,1-6H3/b42-39+,43-40+,44-41+,48-45+,49-46+,50-47+. The monoisotopic (exact) mass is 1810 g/mol. The molecular formula is C113H118O3S9. The van der Waals surface area contributed by atoms with Gasteiger partial charge in [0, 0.05) is 89.4 Å². The molecule has 0 amide bonds. The van der Waals surface area contributed by atoms with Crippen LogP contribution in [0.15, 0.2) is 164 Å². The predicted molar refractivity (Wildman–Crippen MR) is 559 cm³/mol. The zero-order valence-electron chi connectivity index (χ0n) is 73.7. The lowest BCUT2D eigenvalue weighted by Gasteiger charge is -2.40. The summed E-state index contributed by atoms with van der Waals surface area (Å²) in [7, 11) is 0. The van der Waals surface area contributed by atoms with Gasteiger partial charge >= 0.3 is 0 Å². The van der Waals surface area contributed by atoms with Crippen LogP contribution < -0.4 is 0 Å². The third-order valence-corrected chi connectivity index (χ3v) is 35.6. The lowest BCUT2D eigenvalue weighted by Crippen LogP contribution is -2.31. The molecule has 13 aromatic rings.